The summed E-state index contributed by atoms with van der Waals surface area (Å²) in [6, 6.07) is 8.44. The first-order valence-corrected chi connectivity index (χ1v) is 4.68. The van der Waals surface area contributed by atoms with Crippen LogP contribution in [-0.2, 0) is 0 Å². The number of hydrogen-bond donors (Lipinski definition) is 2. The van der Waals surface area contributed by atoms with E-state index in [1.165, 1.54) is 5.56 Å². The first-order chi connectivity index (χ1) is 6.15. The van der Waals surface area contributed by atoms with Crippen LogP contribution in [0.5, 0.6) is 0 Å². The number of hydrogen-bond acceptors (Lipinski definition) is 2. The molecule has 0 aliphatic carbocycles. The molecule has 0 fully saturated rings. The van der Waals surface area contributed by atoms with Crippen molar-refractivity contribution in [1.29, 1.82) is 0 Å². The van der Waals surface area contributed by atoms with Gasteiger partial charge >= 0.3 is 0 Å². The average molecular weight is 178 g/mol. The molecule has 0 spiro atoms. The highest BCUT2D eigenvalue weighted by Crippen LogP contribution is 2.22. The van der Waals surface area contributed by atoms with E-state index >= 15 is 0 Å². The summed E-state index contributed by atoms with van der Waals surface area (Å²) in [5, 5.41) is 3.29. The van der Waals surface area contributed by atoms with Gasteiger partial charge in [-0.2, -0.15) is 0 Å². The van der Waals surface area contributed by atoms with Crippen molar-refractivity contribution < 1.29 is 0 Å². The van der Waals surface area contributed by atoms with E-state index in [4.69, 9.17) is 5.73 Å². The van der Waals surface area contributed by atoms with Crippen LogP contribution < -0.4 is 11.1 Å². The fourth-order valence-corrected chi connectivity index (χ4v) is 1.64. The summed E-state index contributed by atoms with van der Waals surface area (Å²) in [6.45, 7) is 4.40. The van der Waals surface area contributed by atoms with Crippen molar-refractivity contribution in [2.75, 3.05) is 12.8 Å². The fraction of sp³-hybridized carbons (Fsp3) is 0.455. The van der Waals surface area contributed by atoms with E-state index in [1.54, 1.807) is 0 Å². The van der Waals surface area contributed by atoms with Crippen molar-refractivity contribution in [2.45, 2.75) is 19.9 Å². The lowest BCUT2D eigenvalue weighted by Crippen LogP contribution is -2.21. The van der Waals surface area contributed by atoms with Crippen molar-refractivity contribution >= 4 is 5.69 Å². The molecule has 2 heteroatoms. The molecule has 0 bridgehead atoms. The van der Waals surface area contributed by atoms with Gasteiger partial charge in [0, 0.05) is 11.7 Å². The van der Waals surface area contributed by atoms with E-state index < -0.39 is 0 Å². The minimum absolute atomic E-state index is 0.392. The Balaban J connectivity index is 2.91. The number of nitrogen functional groups attached to an aromatic ring is 1. The third kappa shape index (κ3) is 2.46. The van der Waals surface area contributed by atoms with E-state index in [0.29, 0.717) is 12.0 Å². The SMILES string of the molecule is CNC(c1cccc(N)c1)C(C)C. The van der Waals surface area contributed by atoms with E-state index in [2.05, 4.69) is 25.2 Å². The minimum atomic E-state index is 0.392. The van der Waals surface area contributed by atoms with Crippen LogP contribution in [0.2, 0.25) is 0 Å². The third-order valence-corrected chi connectivity index (χ3v) is 2.25. The highest BCUT2D eigenvalue weighted by Gasteiger charge is 2.12. The molecule has 0 aliphatic heterocycles. The summed E-state index contributed by atoms with van der Waals surface area (Å²) >= 11 is 0. The molecular weight excluding hydrogens is 160 g/mol. The van der Waals surface area contributed by atoms with Crippen LogP contribution in [-0.4, -0.2) is 7.05 Å². The standard InChI is InChI=1S/C11H18N2/c1-8(2)11(13-3)9-5-4-6-10(12)7-9/h4-8,11,13H,12H2,1-3H3. The number of benzene rings is 1. The van der Waals surface area contributed by atoms with Crippen molar-refractivity contribution in [3.63, 3.8) is 0 Å². The van der Waals surface area contributed by atoms with Gasteiger partial charge in [-0.05, 0) is 30.7 Å². The maximum Gasteiger partial charge on any atom is 0.0341 e. The lowest BCUT2D eigenvalue weighted by Gasteiger charge is -2.20. The smallest absolute Gasteiger partial charge is 0.0341 e. The van der Waals surface area contributed by atoms with Gasteiger partial charge in [-0.25, -0.2) is 0 Å². The second-order valence-electron chi connectivity index (χ2n) is 3.68. The molecule has 72 valence electrons. The predicted molar refractivity (Wildman–Crippen MR) is 57.5 cm³/mol. The van der Waals surface area contributed by atoms with Crippen molar-refractivity contribution in [1.82, 2.24) is 5.32 Å². The normalized spacial score (nSPS) is 13.2. The van der Waals surface area contributed by atoms with Gasteiger partial charge in [0.15, 0.2) is 0 Å². The molecule has 3 N–H and O–H groups in total. The largest absolute Gasteiger partial charge is 0.399 e. The Kier molecular flexibility index (Phi) is 3.32. The number of rotatable bonds is 3. The zero-order chi connectivity index (χ0) is 9.84. The van der Waals surface area contributed by atoms with Gasteiger partial charge in [0.25, 0.3) is 0 Å². The molecule has 0 aromatic heterocycles. The van der Waals surface area contributed by atoms with Gasteiger partial charge < -0.3 is 11.1 Å². The molecular formula is C11H18N2. The van der Waals surface area contributed by atoms with E-state index in [-0.39, 0.29) is 0 Å². The fourth-order valence-electron chi connectivity index (χ4n) is 1.64. The van der Waals surface area contributed by atoms with Crippen molar-refractivity contribution in [3.05, 3.63) is 29.8 Å². The Morgan fingerprint density at radius 3 is 2.46 bits per heavy atom. The summed E-state index contributed by atoms with van der Waals surface area (Å²) in [7, 11) is 1.98. The maximum atomic E-state index is 5.72. The third-order valence-electron chi connectivity index (χ3n) is 2.25. The minimum Gasteiger partial charge on any atom is -0.399 e. The van der Waals surface area contributed by atoms with Crippen molar-refractivity contribution in [2.24, 2.45) is 5.92 Å². The molecule has 13 heavy (non-hydrogen) atoms. The van der Waals surface area contributed by atoms with E-state index in [0.717, 1.165) is 5.69 Å². The van der Waals surface area contributed by atoms with Gasteiger partial charge in [-0.3, -0.25) is 0 Å². The lowest BCUT2D eigenvalue weighted by atomic mass is 9.96. The summed E-state index contributed by atoms with van der Waals surface area (Å²) in [5.74, 6) is 0.576. The van der Waals surface area contributed by atoms with Crippen LogP contribution in [0.25, 0.3) is 0 Å². The Bertz CT molecular complexity index is 269. The zero-order valence-corrected chi connectivity index (χ0v) is 8.54. The molecule has 1 unspecified atom stereocenters. The summed E-state index contributed by atoms with van der Waals surface area (Å²) < 4.78 is 0. The second kappa shape index (κ2) is 4.28. The highest BCUT2D eigenvalue weighted by molar-refractivity contribution is 5.41. The Labute approximate surface area is 80.1 Å². The van der Waals surface area contributed by atoms with Crippen molar-refractivity contribution in [3.8, 4) is 0 Å². The molecule has 1 aromatic rings. The van der Waals surface area contributed by atoms with Crippen LogP contribution in [0.4, 0.5) is 5.69 Å². The van der Waals surface area contributed by atoms with Gasteiger partial charge in [-0.15, -0.1) is 0 Å². The molecule has 0 heterocycles. The topological polar surface area (TPSA) is 38.0 Å². The highest BCUT2D eigenvalue weighted by atomic mass is 14.9. The Morgan fingerprint density at radius 1 is 1.31 bits per heavy atom. The monoisotopic (exact) mass is 178 g/mol. The predicted octanol–water partition coefficient (Wildman–Crippen LogP) is 2.19. The summed E-state index contributed by atoms with van der Waals surface area (Å²) in [4.78, 5) is 0. The molecule has 1 aromatic carbocycles. The van der Waals surface area contributed by atoms with E-state index in [9.17, 15) is 0 Å². The van der Waals surface area contributed by atoms with Gasteiger partial charge in [0.1, 0.15) is 0 Å². The van der Waals surface area contributed by atoms with Gasteiger partial charge in [0.05, 0.1) is 0 Å². The second-order valence-corrected chi connectivity index (χ2v) is 3.68. The molecule has 0 radical (unpaired) electrons. The molecule has 0 amide bonds. The first-order valence-electron chi connectivity index (χ1n) is 4.68. The summed E-state index contributed by atoms with van der Waals surface area (Å²) in [5.41, 5.74) is 7.82. The van der Waals surface area contributed by atoms with Gasteiger partial charge in [0.2, 0.25) is 0 Å². The molecule has 1 atom stereocenters. The average Bonchev–Trinajstić information content (AvgIpc) is 2.04. The first kappa shape index (κ1) is 10.1. The molecule has 0 saturated carbocycles. The van der Waals surface area contributed by atoms with E-state index in [1.807, 2.05) is 25.2 Å². The molecule has 1 rings (SSSR count). The number of nitrogens with two attached hydrogens (primary N) is 1. The van der Waals surface area contributed by atoms with Crippen LogP contribution >= 0.6 is 0 Å². The Hall–Kier alpha value is -1.02. The maximum absolute atomic E-state index is 5.72. The molecule has 0 aliphatic rings. The van der Waals surface area contributed by atoms with Gasteiger partial charge in [-0.1, -0.05) is 26.0 Å². The number of nitrogens with one attached hydrogen (secondary N) is 1. The summed E-state index contributed by atoms with van der Waals surface area (Å²) in [6.07, 6.45) is 0. The quantitative estimate of drug-likeness (QED) is 0.696. The lowest BCUT2D eigenvalue weighted by molar-refractivity contribution is 0.443. The van der Waals surface area contributed by atoms with Crippen LogP contribution in [0.1, 0.15) is 25.5 Å². The molecule has 0 saturated heterocycles. The van der Waals surface area contributed by atoms with Crippen LogP contribution in [0, 0.1) is 5.92 Å². The zero-order valence-electron chi connectivity index (χ0n) is 8.54. The Morgan fingerprint density at radius 2 is 2.00 bits per heavy atom. The number of anilines is 1. The molecule has 2 nitrogen and oxygen atoms in total. The van der Waals surface area contributed by atoms with Crippen LogP contribution in [0.15, 0.2) is 24.3 Å². The van der Waals surface area contributed by atoms with Crippen LogP contribution in [0.3, 0.4) is 0 Å².